The molecule has 1 saturated heterocycles. The number of hydrogen-bond donors (Lipinski definition) is 1. The molecule has 5 nitrogen and oxygen atoms in total. The summed E-state index contributed by atoms with van der Waals surface area (Å²) in [6.07, 6.45) is 0. The van der Waals surface area contributed by atoms with E-state index in [4.69, 9.17) is 10.6 Å². The molecule has 1 aliphatic rings. The monoisotopic (exact) mass is 249 g/mol. The van der Waals surface area contributed by atoms with Gasteiger partial charge in [-0.1, -0.05) is 0 Å². The van der Waals surface area contributed by atoms with E-state index in [2.05, 4.69) is 4.90 Å². The summed E-state index contributed by atoms with van der Waals surface area (Å²) in [5.41, 5.74) is 1.74. The van der Waals surface area contributed by atoms with Crippen LogP contribution in [0.5, 0.6) is 0 Å². The van der Waals surface area contributed by atoms with Crippen LogP contribution >= 0.6 is 0 Å². The number of carbonyl (C=O) groups is 1. The van der Waals surface area contributed by atoms with Crippen molar-refractivity contribution in [2.24, 2.45) is 5.84 Å². The van der Waals surface area contributed by atoms with Crippen molar-refractivity contribution < 1.29 is 9.53 Å². The Morgan fingerprint density at radius 2 is 1.94 bits per heavy atom. The Hall–Kier alpha value is -1.59. The van der Waals surface area contributed by atoms with Crippen molar-refractivity contribution >= 4 is 11.6 Å². The van der Waals surface area contributed by atoms with Crippen molar-refractivity contribution in [2.75, 3.05) is 37.7 Å². The molecule has 1 aromatic carbocycles. The molecule has 1 amide bonds. The van der Waals surface area contributed by atoms with Gasteiger partial charge in [-0.2, -0.15) is 0 Å². The van der Waals surface area contributed by atoms with E-state index in [1.54, 1.807) is 0 Å². The Bertz CT molecular complexity index is 399. The maximum absolute atomic E-state index is 11.8. The number of morpholine rings is 1. The molecule has 0 radical (unpaired) electrons. The highest BCUT2D eigenvalue weighted by atomic mass is 16.5. The van der Waals surface area contributed by atoms with Gasteiger partial charge in [-0.25, -0.2) is 5.84 Å². The number of ether oxygens (including phenoxy) is 1. The first kappa shape index (κ1) is 12.9. The normalized spacial score (nSPS) is 15.6. The van der Waals surface area contributed by atoms with E-state index in [0.29, 0.717) is 12.1 Å². The molecule has 0 spiro atoms. The first-order chi connectivity index (χ1) is 8.72. The van der Waals surface area contributed by atoms with Crippen molar-refractivity contribution in [1.82, 2.24) is 5.01 Å². The fraction of sp³-hybridized carbons (Fsp3) is 0.462. The molecule has 1 heterocycles. The van der Waals surface area contributed by atoms with Crippen molar-refractivity contribution in [3.8, 4) is 0 Å². The Morgan fingerprint density at radius 3 is 2.50 bits per heavy atom. The van der Waals surface area contributed by atoms with Gasteiger partial charge in [0, 0.05) is 30.9 Å². The number of nitrogens with zero attached hydrogens (tertiary/aromatic N) is 2. The molecule has 18 heavy (non-hydrogen) atoms. The standard InChI is InChI=1S/C13H19N3O2/c1-2-16(14)13(17)11-3-5-12(6-4-11)15-7-9-18-10-8-15/h3-6H,2,7-10,14H2,1H3. The predicted octanol–water partition coefficient (Wildman–Crippen LogP) is 0.859. The van der Waals surface area contributed by atoms with Crippen molar-refractivity contribution in [2.45, 2.75) is 6.92 Å². The lowest BCUT2D eigenvalue weighted by Gasteiger charge is -2.29. The van der Waals surface area contributed by atoms with Crippen LogP contribution in [0, 0.1) is 0 Å². The molecular weight excluding hydrogens is 230 g/mol. The number of rotatable bonds is 3. The minimum absolute atomic E-state index is 0.147. The molecule has 0 atom stereocenters. The predicted molar refractivity (Wildman–Crippen MR) is 70.4 cm³/mol. The summed E-state index contributed by atoms with van der Waals surface area (Å²) in [6.45, 7) is 5.65. The Morgan fingerprint density at radius 1 is 1.33 bits per heavy atom. The molecule has 0 aromatic heterocycles. The van der Waals surface area contributed by atoms with Crippen LogP contribution in [0.15, 0.2) is 24.3 Å². The summed E-state index contributed by atoms with van der Waals surface area (Å²) in [4.78, 5) is 14.1. The van der Waals surface area contributed by atoms with Crippen molar-refractivity contribution in [3.63, 3.8) is 0 Å². The van der Waals surface area contributed by atoms with E-state index in [-0.39, 0.29) is 5.91 Å². The van der Waals surface area contributed by atoms with Gasteiger partial charge in [0.2, 0.25) is 0 Å². The van der Waals surface area contributed by atoms with Crippen LogP contribution in [0.3, 0.4) is 0 Å². The van der Waals surface area contributed by atoms with Gasteiger partial charge >= 0.3 is 0 Å². The third-order valence-corrected chi connectivity index (χ3v) is 3.09. The molecule has 0 aliphatic carbocycles. The zero-order valence-corrected chi connectivity index (χ0v) is 10.6. The molecule has 2 rings (SSSR count). The summed E-state index contributed by atoms with van der Waals surface area (Å²) in [6, 6.07) is 7.56. The van der Waals surface area contributed by atoms with Crippen molar-refractivity contribution in [3.05, 3.63) is 29.8 Å². The quantitative estimate of drug-likeness (QED) is 0.490. The number of benzene rings is 1. The van der Waals surface area contributed by atoms with E-state index in [0.717, 1.165) is 32.0 Å². The zero-order valence-electron chi connectivity index (χ0n) is 10.6. The number of hydrazine groups is 1. The van der Waals surface area contributed by atoms with Crippen LogP contribution in [0.2, 0.25) is 0 Å². The topological polar surface area (TPSA) is 58.8 Å². The van der Waals surface area contributed by atoms with E-state index in [1.807, 2.05) is 31.2 Å². The highest BCUT2D eigenvalue weighted by Gasteiger charge is 2.13. The van der Waals surface area contributed by atoms with Crippen molar-refractivity contribution in [1.29, 1.82) is 0 Å². The molecule has 0 saturated carbocycles. The largest absolute Gasteiger partial charge is 0.378 e. The third kappa shape index (κ3) is 2.80. The lowest BCUT2D eigenvalue weighted by atomic mass is 10.1. The number of anilines is 1. The Kier molecular flexibility index (Phi) is 4.17. The van der Waals surface area contributed by atoms with Crippen LogP contribution < -0.4 is 10.7 Å². The number of carbonyl (C=O) groups excluding carboxylic acids is 1. The van der Waals surface area contributed by atoms with Gasteiger partial charge in [0.25, 0.3) is 5.91 Å². The Labute approximate surface area is 107 Å². The second-order valence-corrected chi connectivity index (χ2v) is 4.24. The molecular formula is C13H19N3O2. The average Bonchev–Trinajstić information content (AvgIpc) is 2.47. The summed E-state index contributed by atoms with van der Waals surface area (Å²) >= 11 is 0. The fourth-order valence-corrected chi connectivity index (χ4v) is 1.95. The minimum Gasteiger partial charge on any atom is -0.378 e. The fourth-order valence-electron chi connectivity index (χ4n) is 1.95. The molecule has 1 aliphatic heterocycles. The average molecular weight is 249 g/mol. The maximum Gasteiger partial charge on any atom is 0.267 e. The van der Waals surface area contributed by atoms with Gasteiger partial charge in [-0.15, -0.1) is 0 Å². The number of nitrogens with two attached hydrogens (primary N) is 1. The van der Waals surface area contributed by atoms with Crippen LogP contribution in [0.4, 0.5) is 5.69 Å². The van der Waals surface area contributed by atoms with E-state index < -0.39 is 0 Å². The zero-order chi connectivity index (χ0) is 13.0. The van der Waals surface area contributed by atoms with Gasteiger partial charge in [0.1, 0.15) is 0 Å². The lowest BCUT2D eigenvalue weighted by molar-refractivity contribution is 0.0764. The molecule has 1 fully saturated rings. The van der Waals surface area contributed by atoms with Crippen LogP contribution in [-0.2, 0) is 4.74 Å². The van der Waals surface area contributed by atoms with Gasteiger partial charge in [-0.05, 0) is 31.2 Å². The third-order valence-electron chi connectivity index (χ3n) is 3.09. The SMILES string of the molecule is CCN(N)C(=O)c1ccc(N2CCOCC2)cc1. The lowest BCUT2D eigenvalue weighted by Crippen LogP contribution is -2.37. The second-order valence-electron chi connectivity index (χ2n) is 4.24. The van der Waals surface area contributed by atoms with E-state index in [1.165, 1.54) is 5.01 Å². The van der Waals surface area contributed by atoms with Crippen LogP contribution in [0.1, 0.15) is 17.3 Å². The molecule has 1 aromatic rings. The number of amides is 1. The first-order valence-electron chi connectivity index (χ1n) is 6.21. The van der Waals surface area contributed by atoms with Gasteiger partial charge < -0.3 is 9.64 Å². The van der Waals surface area contributed by atoms with Gasteiger partial charge in [0.15, 0.2) is 0 Å². The smallest absolute Gasteiger partial charge is 0.267 e. The second kappa shape index (κ2) is 5.84. The number of hydrogen-bond acceptors (Lipinski definition) is 4. The van der Waals surface area contributed by atoms with Gasteiger partial charge in [-0.3, -0.25) is 9.80 Å². The molecule has 0 bridgehead atoms. The Balaban J connectivity index is 2.07. The summed E-state index contributed by atoms with van der Waals surface area (Å²) in [5.74, 6) is 5.44. The highest BCUT2D eigenvalue weighted by molar-refractivity contribution is 5.94. The van der Waals surface area contributed by atoms with Gasteiger partial charge in [0.05, 0.1) is 13.2 Å². The van der Waals surface area contributed by atoms with Crippen LogP contribution in [0.25, 0.3) is 0 Å². The summed E-state index contributed by atoms with van der Waals surface area (Å²) < 4.78 is 5.31. The maximum atomic E-state index is 11.8. The van der Waals surface area contributed by atoms with E-state index >= 15 is 0 Å². The minimum atomic E-state index is -0.147. The molecule has 5 heteroatoms. The summed E-state index contributed by atoms with van der Waals surface area (Å²) in [7, 11) is 0. The molecule has 98 valence electrons. The first-order valence-corrected chi connectivity index (χ1v) is 6.21. The molecule has 2 N–H and O–H groups in total. The highest BCUT2D eigenvalue weighted by Crippen LogP contribution is 2.17. The summed E-state index contributed by atoms with van der Waals surface area (Å²) in [5, 5.41) is 1.21. The van der Waals surface area contributed by atoms with Crippen LogP contribution in [-0.4, -0.2) is 43.8 Å². The van der Waals surface area contributed by atoms with E-state index in [9.17, 15) is 4.79 Å². The molecule has 0 unspecified atom stereocenters.